The van der Waals surface area contributed by atoms with Gasteiger partial charge in [-0.15, -0.1) is 0 Å². The van der Waals surface area contributed by atoms with Gasteiger partial charge in [0.05, 0.1) is 5.39 Å². The van der Waals surface area contributed by atoms with Gasteiger partial charge >= 0.3 is 0 Å². The van der Waals surface area contributed by atoms with Gasteiger partial charge in [-0.05, 0) is 36.6 Å². The summed E-state index contributed by atoms with van der Waals surface area (Å²) in [6.07, 6.45) is 3.14. The molecule has 2 N–H and O–H groups in total. The number of amides is 2. The van der Waals surface area contributed by atoms with Crippen molar-refractivity contribution in [2.45, 2.75) is 45.6 Å². The number of unbranched alkanes of at least 4 members (excludes halogenated alkanes) is 2. The van der Waals surface area contributed by atoms with Crippen molar-refractivity contribution in [1.29, 1.82) is 0 Å². The minimum Gasteiger partial charge on any atom is -0.273 e. The standard InChI is InChI=1S/C23H25FN4O3/c1-2-3-6-14-28-23(31)19-11-5-4-10-18(19)21(27-28)22(30)26-25-20(29)13-12-16-8-7-9-17(24)15-16/h4-5,7-11,15H,2-3,6,12-14H2,1H3,(H,25,29)(H,26,30). The highest BCUT2D eigenvalue weighted by molar-refractivity contribution is 6.05. The first-order valence-corrected chi connectivity index (χ1v) is 10.3. The third kappa shape index (κ3) is 5.75. The van der Waals surface area contributed by atoms with E-state index in [4.69, 9.17) is 0 Å². The Balaban J connectivity index is 1.70. The summed E-state index contributed by atoms with van der Waals surface area (Å²) in [5.74, 6) is -1.39. The van der Waals surface area contributed by atoms with E-state index in [1.54, 1.807) is 36.4 Å². The smallest absolute Gasteiger partial charge is 0.273 e. The summed E-state index contributed by atoms with van der Waals surface area (Å²) >= 11 is 0. The molecule has 8 heteroatoms. The van der Waals surface area contributed by atoms with Crippen LogP contribution in [0.2, 0.25) is 0 Å². The summed E-state index contributed by atoms with van der Waals surface area (Å²) in [6, 6.07) is 12.8. The van der Waals surface area contributed by atoms with Crippen molar-refractivity contribution in [1.82, 2.24) is 20.6 Å². The van der Waals surface area contributed by atoms with Gasteiger partial charge in [0, 0.05) is 18.4 Å². The minimum atomic E-state index is -0.612. The zero-order valence-corrected chi connectivity index (χ0v) is 17.4. The summed E-state index contributed by atoms with van der Waals surface area (Å²) < 4.78 is 14.5. The Labute approximate surface area is 179 Å². The van der Waals surface area contributed by atoms with Gasteiger partial charge in [-0.3, -0.25) is 25.2 Å². The van der Waals surface area contributed by atoms with Crippen molar-refractivity contribution in [3.8, 4) is 0 Å². The molecule has 7 nitrogen and oxygen atoms in total. The van der Waals surface area contributed by atoms with Crippen molar-refractivity contribution in [3.63, 3.8) is 0 Å². The molecule has 0 atom stereocenters. The average molecular weight is 424 g/mol. The summed E-state index contributed by atoms with van der Waals surface area (Å²) in [5.41, 5.74) is 5.23. The van der Waals surface area contributed by atoms with E-state index in [2.05, 4.69) is 22.9 Å². The lowest BCUT2D eigenvalue weighted by molar-refractivity contribution is -0.121. The molecular formula is C23H25FN4O3. The number of aryl methyl sites for hydroxylation is 2. The van der Waals surface area contributed by atoms with Crippen molar-refractivity contribution in [2.75, 3.05) is 0 Å². The maximum atomic E-state index is 13.2. The van der Waals surface area contributed by atoms with E-state index in [-0.39, 0.29) is 23.5 Å². The number of aromatic nitrogens is 2. The highest BCUT2D eigenvalue weighted by atomic mass is 19.1. The van der Waals surface area contributed by atoms with Crippen molar-refractivity contribution in [3.05, 3.63) is 76.0 Å². The Morgan fingerprint density at radius 2 is 1.81 bits per heavy atom. The number of hydrazine groups is 1. The molecule has 0 saturated carbocycles. The molecule has 1 aromatic heterocycles. The summed E-state index contributed by atoms with van der Waals surface area (Å²) in [7, 11) is 0. The Kier molecular flexibility index (Phi) is 7.48. The molecule has 0 aliphatic heterocycles. The highest BCUT2D eigenvalue weighted by Gasteiger charge is 2.17. The molecule has 2 aromatic carbocycles. The molecular weight excluding hydrogens is 399 g/mol. The number of hydrogen-bond donors (Lipinski definition) is 2. The van der Waals surface area contributed by atoms with Crippen LogP contribution in [0.25, 0.3) is 10.8 Å². The van der Waals surface area contributed by atoms with Gasteiger partial charge in [-0.25, -0.2) is 9.07 Å². The topological polar surface area (TPSA) is 93.1 Å². The number of fused-ring (bicyclic) bond motifs is 1. The van der Waals surface area contributed by atoms with E-state index in [1.165, 1.54) is 16.8 Å². The zero-order valence-electron chi connectivity index (χ0n) is 17.4. The Bertz CT molecular complexity index is 1140. The molecule has 162 valence electrons. The second-order valence-corrected chi connectivity index (χ2v) is 7.26. The number of halogens is 1. The first-order chi connectivity index (χ1) is 15.0. The van der Waals surface area contributed by atoms with Gasteiger partial charge in [0.15, 0.2) is 5.69 Å². The molecule has 3 aromatic rings. The van der Waals surface area contributed by atoms with Crippen LogP contribution in [0.3, 0.4) is 0 Å². The van der Waals surface area contributed by atoms with Crippen LogP contribution in [0.5, 0.6) is 0 Å². The number of benzene rings is 2. The van der Waals surface area contributed by atoms with Crippen LogP contribution in [-0.2, 0) is 17.8 Å². The lowest BCUT2D eigenvalue weighted by Crippen LogP contribution is -2.43. The quantitative estimate of drug-likeness (QED) is 0.429. The first kappa shape index (κ1) is 22.1. The Morgan fingerprint density at radius 1 is 1.03 bits per heavy atom. The fourth-order valence-electron chi connectivity index (χ4n) is 3.26. The number of rotatable bonds is 8. The molecule has 0 unspecified atom stereocenters. The molecule has 0 spiro atoms. The van der Waals surface area contributed by atoms with Gasteiger partial charge in [0.1, 0.15) is 5.82 Å². The second-order valence-electron chi connectivity index (χ2n) is 7.26. The second kappa shape index (κ2) is 10.5. The molecule has 0 aliphatic carbocycles. The lowest BCUT2D eigenvalue weighted by Gasteiger charge is -2.12. The third-order valence-electron chi connectivity index (χ3n) is 4.90. The normalized spacial score (nSPS) is 10.8. The Hall–Kier alpha value is -3.55. The van der Waals surface area contributed by atoms with E-state index in [0.29, 0.717) is 29.3 Å². The van der Waals surface area contributed by atoms with Crippen LogP contribution in [0.4, 0.5) is 4.39 Å². The predicted octanol–water partition coefficient (Wildman–Crippen LogP) is 3.12. The van der Waals surface area contributed by atoms with Crippen LogP contribution >= 0.6 is 0 Å². The van der Waals surface area contributed by atoms with E-state index < -0.39 is 11.8 Å². The Morgan fingerprint density at radius 3 is 2.55 bits per heavy atom. The summed E-state index contributed by atoms with van der Waals surface area (Å²) in [6.45, 7) is 2.48. The average Bonchev–Trinajstić information content (AvgIpc) is 2.78. The zero-order chi connectivity index (χ0) is 22.2. The van der Waals surface area contributed by atoms with E-state index in [9.17, 15) is 18.8 Å². The molecule has 0 radical (unpaired) electrons. The number of carbonyl (C=O) groups excluding carboxylic acids is 2. The van der Waals surface area contributed by atoms with E-state index in [1.807, 2.05) is 0 Å². The largest absolute Gasteiger partial charge is 0.290 e. The summed E-state index contributed by atoms with van der Waals surface area (Å²) in [4.78, 5) is 37.5. The molecule has 3 rings (SSSR count). The van der Waals surface area contributed by atoms with Gasteiger partial charge in [0.2, 0.25) is 5.91 Å². The molecule has 1 heterocycles. The van der Waals surface area contributed by atoms with Crippen LogP contribution in [0.15, 0.2) is 53.3 Å². The first-order valence-electron chi connectivity index (χ1n) is 10.3. The third-order valence-corrected chi connectivity index (χ3v) is 4.90. The fourth-order valence-corrected chi connectivity index (χ4v) is 3.26. The van der Waals surface area contributed by atoms with Gasteiger partial charge in [-0.1, -0.05) is 50.1 Å². The molecule has 0 saturated heterocycles. The number of carbonyl (C=O) groups is 2. The molecule has 31 heavy (non-hydrogen) atoms. The monoisotopic (exact) mass is 424 g/mol. The SMILES string of the molecule is CCCCCn1nc(C(=O)NNC(=O)CCc2cccc(F)c2)c2ccccc2c1=O. The number of hydrogen-bond acceptors (Lipinski definition) is 4. The van der Waals surface area contributed by atoms with Gasteiger partial charge in [-0.2, -0.15) is 5.10 Å². The maximum Gasteiger partial charge on any atom is 0.290 e. The van der Waals surface area contributed by atoms with Crippen LogP contribution in [-0.4, -0.2) is 21.6 Å². The van der Waals surface area contributed by atoms with E-state index >= 15 is 0 Å². The maximum absolute atomic E-state index is 13.2. The lowest BCUT2D eigenvalue weighted by atomic mass is 10.1. The summed E-state index contributed by atoms with van der Waals surface area (Å²) in [5, 5.41) is 5.07. The molecule has 0 bridgehead atoms. The van der Waals surface area contributed by atoms with Gasteiger partial charge < -0.3 is 0 Å². The van der Waals surface area contributed by atoms with Crippen molar-refractivity contribution < 1.29 is 14.0 Å². The number of nitrogens with zero attached hydrogens (tertiary/aromatic N) is 2. The number of nitrogens with one attached hydrogen (secondary N) is 2. The predicted molar refractivity (Wildman–Crippen MR) is 116 cm³/mol. The minimum absolute atomic E-state index is 0.0668. The van der Waals surface area contributed by atoms with Crippen molar-refractivity contribution in [2.24, 2.45) is 0 Å². The van der Waals surface area contributed by atoms with Crippen LogP contribution in [0.1, 0.15) is 48.7 Å². The molecule has 2 amide bonds. The fraction of sp³-hybridized carbons (Fsp3) is 0.304. The highest BCUT2D eigenvalue weighted by Crippen LogP contribution is 2.13. The molecule has 0 fully saturated rings. The van der Waals surface area contributed by atoms with Crippen LogP contribution in [0, 0.1) is 5.82 Å². The van der Waals surface area contributed by atoms with Gasteiger partial charge in [0.25, 0.3) is 11.5 Å². The molecule has 0 aliphatic rings. The van der Waals surface area contributed by atoms with E-state index in [0.717, 1.165) is 19.3 Å². The van der Waals surface area contributed by atoms with Crippen molar-refractivity contribution >= 4 is 22.6 Å². The van der Waals surface area contributed by atoms with Crippen LogP contribution < -0.4 is 16.4 Å².